The van der Waals surface area contributed by atoms with Crippen molar-refractivity contribution in [3.8, 4) is 11.5 Å². The highest BCUT2D eigenvalue weighted by atomic mass is 16.5. The lowest BCUT2D eigenvalue weighted by Gasteiger charge is -2.55. The molecule has 0 radical (unpaired) electrons. The van der Waals surface area contributed by atoms with Gasteiger partial charge in [-0.1, -0.05) is 78.4 Å². The zero-order chi connectivity index (χ0) is 30.7. The number of amides is 2. The molecule has 1 saturated carbocycles. The lowest BCUT2D eigenvalue weighted by atomic mass is 9.44. The van der Waals surface area contributed by atoms with Crippen molar-refractivity contribution in [3.05, 3.63) is 113 Å². The first-order valence-electron chi connectivity index (χ1n) is 15.2. The number of allylic oxidation sites excluding steroid dienone is 4. The Morgan fingerprint density at radius 3 is 2.32 bits per heavy atom. The van der Waals surface area contributed by atoms with Crippen molar-refractivity contribution in [3.63, 3.8) is 0 Å². The first-order valence-corrected chi connectivity index (χ1v) is 15.2. The van der Waals surface area contributed by atoms with Crippen LogP contribution in [0.1, 0.15) is 42.4 Å². The third-order valence-electron chi connectivity index (χ3n) is 10.2. The van der Waals surface area contributed by atoms with Gasteiger partial charge < -0.3 is 9.84 Å². The topological polar surface area (TPSA) is 101 Å². The standard InChI is InChI=1S/C37H33NO6/c1-3-44-30-18-22(14-17-29(30)39)33-24-15-16-25-32(36(43)38(2)35(25)42)27(24)19-28-34(41)26(21-10-6-4-7-11-21)20-31(40)37(28,33)23-12-8-5-9-13-23/h4-15,17-18,20,25,27-28,32-33,39H,3,16,19H2,1-2H3. The highest BCUT2D eigenvalue weighted by Gasteiger charge is 2.65. The highest BCUT2D eigenvalue weighted by Crippen LogP contribution is 2.63. The number of benzene rings is 3. The fraction of sp³-hybridized carbons (Fsp3) is 0.297. The van der Waals surface area contributed by atoms with E-state index in [1.165, 1.54) is 18.0 Å². The highest BCUT2D eigenvalue weighted by molar-refractivity contribution is 6.31. The summed E-state index contributed by atoms with van der Waals surface area (Å²) >= 11 is 0. The van der Waals surface area contributed by atoms with E-state index in [0.717, 1.165) is 11.1 Å². The Morgan fingerprint density at radius 1 is 0.909 bits per heavy atom. The lowest BCUT2D eigenvalue weighted by molar-refractivity contribution is -0.139. The molecular formula is C37H33NO6. The summed E-state index contributed by atoms with van der Waals surface area (Å²) in [6.45, 7) is 2.15. The summed E-state index contributed by atoms with van der Waals surface area (Å²) in [5.41, 5.74) is 2.02. The van der Waals surface area contributed by atoms with Crippen molar-refractivity contribution in [2.45, 2.75) is 31.1 Å². The zero-order valence-corrected chi connectivity index (χ0v) is 24.6. The average molecular weight is 588 g/mol. The van der Waals surface area contributed by atoms with Gasteiger partial charge in [0, 0.05) is 24.5 Å². The molecule has 7 rings (SSSR count). The van der Waals surface area contributed by atoms with E-state index in [1.807, 2.05) is 73.7 Å². The molecule has 1 N–H and O–H groups in total. The van der Waals surface area contributed by atoms with Gasteiger partial charge in [-0.05, 0) is 60.6 Å². The molecule has 1 aliphatic heterocycles. The molecule has 6 atom stereocenters. The molecule has 1 heterocycles. The van der Waals surface area contributed by atoms with E-state index in [9.17, 15) is 24.3 Å². The molecule has 3 aromatic rings. The van der Waals surface area contributed by atoms with Crippen molar-refractivity contribution < 1.29 is 29.0 Å². The molecule has 0 aromatic heterocycles. The second kappa shape index (κ2) is 10.4. The number of hydrogen-bond donors (Lipinski definition) is 1. The number of nitrogens with zero attached hydrogens (tertiary/aromatic N) is 1. The number of carbonyl (C=O) groups is 4. The van der Waals surface area contributed by atoms with Gasteiger partial charge in [0.1, 0.15) is 0 Å². The Hall–Kier alpha value is -4.78. The van der Waals surface area contributed by atoms with E-state index < -0.39 is 35.0 Å². The Balaban J connectivity index is 1.53. The molecule has 0 spiro atoms. The Kier molecular flexibility index (Phi) is 6.65. The summed E-state index contributed by atoms with van der Waals surface area (Å²) in [7, 11) is 1.52. The number of ether oxygens (including phenoxy) is 1. The lowest BCUT2D eigenvalue weighted by Crippen LogP contribution is -2.58. The van der Waals surface area contributed by atoms with Crippen LogP contribution in [0.4, 0.5) is 0 Å². The number of imide groups is 1. The molecule has 1 saturated heterocycles. The van der Waals surface area contributed by atoms with E-state index in [2.05, 4.69) is 0 Å². The first-order chi connectivity index (χ1) is 21.3. The van der Waals surface area contributed by atoms with Gasteiger partial charge in [-0.25, -0.2) is 0 Å². The smallest absolute Gasteiger partial charge is 0.233 e. The van der Waals surface area contributed by atoms with Crippen molar-refractivity contribution in [2.24, 2.45) is 23.7 Å². The number of phenolic OH excluding ortho intramolecular Hbond substituents is 1. The van der Waals surface area contributed by atoms with Crippen molar-refractivity contribution in [1.29, 1.82) is 0 Å². The quantitative estimate of drug-likeness (QED) is 0.324. The zero-order valence-electron chi connectivity index (χ0n) is 24.6. The van der Waals surface area contributed by atoms with Gasteiger partial charge in [-0.2, -0.15) is 0 Å². The van der Waals surface area contributed by atoms with Gasteiger partial charge in [0.15, 0.2) is 23.1 Å². The van der Waals surface area contributed by atoms with Crippen LogP contribution in [0.2, 0.25) is 0 Å². The third kappa shape index (κ3) is 3.88. The van der Waals surface area contributed by atoms with E-state index >= 15 is 0 Å². The minimum atomic E-state index is -1.32. The number of ketones is 2. The van der Waals surface area contributed by atoms with Crippen LogP contribution in [0.5, 0.6) is 11.5 Å². The van der Waals surface area contributed by atoms with E-state index in [4.69, 9.17) is 4.74 Å². The molecule has 7 heteroatoms. The van der Waals surface area contributed by atoms with Gasteiger partial charge >= 0.3 is 0 Å². The number of Topliss-reactive ketones (excluding diaryl/α,β-unsaturated/α-hetero) is 1. The van der Waals surface area contributed by atoms with Gasteiger partial charge in [0.05, 0.1) is 23.9 Å². The maximum atomic E-state index is 14.9. The minimum Gasteiger partial charge on any atom is -0.504 e. The number of rotatable bonds is 5. The fourth-order valence-electron chi connectivity index (χ4n) is 8.39. The first kappa shape index (κ1) is 28.0. The van der Waals surface area contributed by atoms with Crippen LogP contribution in [0.25, 0.3) is 5.57 Å². The van der Waals surface area contributed by atoms with Crippen LogP contribution in [0, 0.1) is 23.7 Å². The number of hydrogen-bond acceptors (Lipinski definition) is 6. The molecule has 2 amide bonds. The number of aromatic hydroxyl groups is 1. The summed E-state index contributed by atoms with van der Waals surface area (Å²) in [5.74, 6) is -3.50. The Morgan fingerprint density at radius 2 is 1.61 bits per heavy atom. The van der Waals surface area contributed by atoms with Crippen LogP contribution in [0.3, 0.4) is 0 Å². The van der Waals surface area contributed by atoms with Crippen molar-refractivity contribution >= 4 is 29.0 Å². The predicted octanol–water partition coefficient (Wildman–Crippen LogP) is 5.25. The van der Waals surface area contributed by atoms with Crippen LogP contribution in [0.15, 0.2) is 96.6 Å². The summed E-state index contributed by atoms with van der Waals surface area (Å²) < 4.78 is 5.78. The average Bonchev–Trinajstić information content (AvgIpc) is 3.27. The Labute approximate surface area is 255 Å². The molecule has 0 bridgehead atoms. The van der Waals surface area contributed by atoms with Crippen LogP contribution < -0.4 is 4.74 Å². The second-order valence-corrected chi connectivity index (χ2v) is 12.2. The number of likely N-dealkylation sites (tertiary alicyclic amines) is 1. The van der Waals surface area contributed by atoms with E-state index in [1.54, 1.807) is 18.2 Å². The predicted molar refractivity (Wildman–Crippen MR) is 164 cm³/mol. The third-order valence-corrected chi connectivity index (χ3v) is 10.2. The SMILES string of the molecule is CCOc1cc(C2C3=CCC4C(=O)N(C)C(=O)C4C3CC3C(=O)C(c4ccccc4)=CC(=O)C32c2ccccc2)ccc1O. The van der Waals surface area contributed by atoms with Gasteiger partial charge in [-0.3, -0.25) is 24.1 Å². The van der Waals surface area contributed by atoms with E-state index in [-0.39, 0.29) is 41.3 Å². The summed E-state index contributed by atoms with van der Waals surface area (Å²) in [6, 6.07) is 23.7. The molecule has 6 unspecified atom stereocenters. The number of carbonyl (C=O) groups excluding carboxylic acids is 4. The fourth-order valence-corrected chi connectivity index (χ4v) is 8.39. The van der Waals surface area contributed by atoms with E-state index in [0.29, 0.717) is 29.7 Å². The molecule has 222 valence electrons. The largest absolute Gasteiger partial charge is 0.504 e. The van der Waals surface area contributed by atoms with Crippen LogP contribution in [-0.2, 0) is 24.6 Å². The molecule has 2 fully saturated rings. The maximum Gasteiger partial charge on any atom is 0.233 e. The number of fused-ring (bicyclic) bond motifs is 4. The number of phenols is 1. The second-order valence-electron chi connectivity index (χ2n) is 12.2. The van der Waals surface area contributed by atoms with Gasteiger partial charge in [0.25, 0.3) is 0 Å². The molecular weight excluding hydrogens is 554 g/mol. The molecule has 3 aliphatic carbocycles. The van der Waals surface area contributed by atoms with Crippen LogP contribution >= 0.6 is 0 Å². The molecule has 3 aromatic carbocycles. The van der Waals surface area contributed by atoms with Crippen molar-refractivity contribution in [1.82, 2.24) is 4.90 Å². The van der Waals surface area contributed by atoms with Crippen molar-refractivity contribution in [2.75, 3.05) is 13.7 Å². The van der Waals surface area contributed by atoms with Gasteiger partial charge in [0.2, 0.25) is 11.8 Å². The summed E-state index contributed by atoms with van der Waals surface area (Å²) in [5, 5.41) is 10.6. The normalized spacial score (nSPS) is 29.4. The molecule has 4 aliphatic rings. The monoisotopic (exact) mass is 587 g/mol. The van der Waals surface area contributed by atoms with Gasteiger partial charge in [-0.15, -0.1) is 0 Å². The summed E-state index contributed by atoms with van der Waals surface area (Å²) in [6.07, 6.45) is 4.17. The molecule has 7 nitrogen and oxygen atoms in total. The summed E-state index contributed by atoms with van der Waals surface area (Å²) in [4.78, 5) is 57.7. The molecule has 44 heavy (non-hydrogen) atoms. The maximum absolute atomic E-state index is 14.9. The minimum absolute atomic E-state index is 0.0264. The Bertz CT molecular complexity index is 1760. The van der Waals surface area contributed by atoms with Crippen LogP contribution in [-0.4, -0.2) is 47.0 Å².